The normalized spacial score (nSPS) is 11.6. The van der Waals surface area contributed by atoms with Gasteiger partial charge in [0.2, 0.25) is 0 Å². The van der Waals surface area contributed by atoms with Crippen LogP contribution in [0.4, 0.5) is 11.4 Å². The molecule has 0 spiro atoms. The largest absolute Gasteiger partial charge is 0.507 e. The van der Waals surface area contributed by atoms with Crippen LogP contribution in [0.3, 0.4) is 0 Å². The lowest BCUT2D eigenvalue weighted by Crippen LogP contribution is -1.85. The maximum Gasteiger partial charge on any atom is 0.124 e. The molecule has 0 amide bonds. The van der Waals surface area contributed by atoms with Crippen LogP contribution in [0.2, 0.25) is 0 Å². The van der Waals surface area contributed by atoms with Gasteiger partial charge in [0.15, 0.2) is 0 Å². The average Bonchev–Trinajstić information content (AvgIpc) is 2.72. The van der Waals surface area contributed by atoms with E-state index in [0.29, 0.717) is 33.5 Å². The maximum atomic E-state index is 9.94. The van der Waals surface area contributed by atoms with Crippen molar-refractivity contribution in [3.05, 3.63) is 84.2 Å². The highest BCUT2D eigenvalue weighted by Crippen LogP contribution is 2.32. The van der Waals surface area contributed by atoms with Gasteiger partial charge in [0, 0.05) is 35.9 Å². The molecule has 136 valence electrons. The molecule has 0 unspecified atom stereocenters. The van der Waals surface area contributed by atoms with Gasteiger partial charge in [0.25, 0.3) is 0 Å². The quantitative estimate of drug-likeness (QED) is 0.517. The first-order valence-electron chi connectivity index (χ1n) is 8.59. The molecule has 0 fully saturated rings. The van der Waals surface area contributed by atoms with Crippen molar-refractivity contribution in [2.45, 2.75) is 0 Å². The van der Waals surface area contributed by atoms with Crippen LogP contribution in [-0.2, 0) is 0 Å². The summed E-state index contributed by atoms with van der Waals surface area (Å²) in [7, 11) is 0. The van der Waals surface area contributed by atoms with Crippen LogP contribution in [-0.4, -0.2) is 32.6 Å². The van der Waals surface area contributed by atoms with E-state index in [1.54, 1.807) is 73.4 Å². The lowest BCUT2D eigenvalue weighted by molar-refractivity contribution is 0.474. The number of benzene rings is 3. The summed E-state index contributed by atoms with van der Waals surface area (Å²) in [6.45, 7) is 0. The summed E-state index contributed by atoms with van der Waals surface area (Å²) >= 11 is 0. The molecule has 4 aromatic rings. The van der Waals surface area contributed by atoms with E-state index in [9.17, 15) is 10.2 Å². The lowest BCUT2D eigenvalue weighted by Gasteiger charge is -2.04. The lowest BCUT2D eigenvalue weighted by atomic mass is 10.2. The van der Waals surface area contributed by atoms with Crippen LogP contribution in [0.5, 0.6) is 11.5 Å². The van der Waals surface area contributed by atoms with E-state index in [4.69, 9.17) is 0 Å². The number of aliphatic imine (C=N–C) groups is 2. The molecule has 2 N–H and O–H groups in total. The van der Waals surface area contributed by atoms with Crippen molar-refractivity contribution in [1.82, 2.24) is 9.97 Å². The summed E-state index contributed by atoms with van der Waals surface area (Å²) in [6.07, 6.45) is 6.38. The standard InChI is InChI=1S/C22H16N4O2/c27-21-7-3-1-5-15(21)13-25-19-11-17-18(24-10-9-23-17)12-20(19)26-14-16-6-2-4-8-22(16)28/h1-14,27-28H. The van der Waals surface area contributed by atoms with Crippen molar-refractivity contribution in [1.29, 1.82) is 0 Å². The predicted molar refractivity (Wildman–Crippen MR) is 110 cm³/mol. The van der Waals surface area contributed by atoms with Crippen molar-refractivity contribution >= 4 is 34.8 Å². The zero-order chi connectivity index (χ0) is 19.3. The highest BCUT2D eigenvalue weighted by Gasteiger charge is 2.06. The number of fused-ring (bicyclic) bond motifs is 1. The Labute approximate surface area is 161 Å². The molecule has 0 aliphatic rings. The summed E-state index contributed by atoms with van der Waals surface area (Å²) in [5.41, 5.74) is 3.71. The second-order valence-electron chi connectivity index (χ2n) is 6.02. The molecule has 3 aromatic carbocycles. The van der Waals surface area contributed by atoms with Crippen molar-refractivity contribution < 1.29 is 10.2 Å². The smallest absolute Gasteiger partial charge is 0.124 e. The molecule has 0 atom stereocenters. The zero-order valence-electron chi connectivity index (χ0n) is 14.8. The Bertz CT molecular complexity index is 1110. The fourth-order valence-corrected chi connectivity index (χ4v) is 2.67. The van der Waals surface area contributed by atoms with Crippen molar-refractivity contribution in [3.8, 4) is 11.5 Å². The summed E-state index contributed by atoms with van der Waals surface area (Å²) in [4.78, 5) is 17.6. The second kappa shape index (κ2) is 7.67. The predicted octanol–water partition coefficient (Wildman–Crippen LogP) is 4.54. The first-order chi connectivity index (χ1) is 13.7. The monoisotopic (exact) mass is 368 g/mol. The number of phenolic OH excluding ortho intramolecular Hbond substituents is 2. The van der Waals surface area contributed by atoms with Crippen molar-refractivity contribution in [3.63, 3.8) is 0 Å². The van der Waals surface area contributed by atoms with E-state index in [1.807, 2.05) is 12.1 Å². The Morgan fingerprint density at radius 3 is 1.50 bits per heavy atom. The Kier molecular flexibility index (Phi) is 4.76. The fourth-order valence-electron chi connectivity index (χ4n) is 2.67. The van der Waals surface area contributed by atoms with Crippen LogP contribution in [0.25, 0.3) is 11.0 Å². The van der Waals surface area contributed by atoms with Crippen LogP contribution >= 0.6 is 0 Å². The van der Waals surface area contributed by atoms with Gasteiger partial charge in [-0.05, 0) is 36.4 Å². The number of aromatic nitrogens is 2. The molecule has 0 bridgehead atoms. The minimum Gasteiger partial charge on any atom is -0.507 e. The van der Waals surface area contributed by atoms with Crippen LogP contribution < -0.4 is 0 Å². The first kappa shape index (κ1) is 17.4. The molecule has 0 radical (unpaired) electrons. The van der Waals surface area contributed by atoms with Crippen LogP contribution in [0.1, 0.15) is 11.1 Å². The van der Waals surface area contributed by atoms with E-state index in [0.717, 1.165) is 0 Å². The summed E-state index contributed by atoms with van der Waals surface area (Å²) in [6, 6.07) is 17.5. The average molecular weight is 368 g/mol. The van der Waals surface area contributed by atoms with E-state index < -0.39 is 0 Å². The van der Waals surface area contributed by atoms with Gasteiger partial charge < -0.3 is 10.2 Å². The van der Waals surface area contributed by atoms with Crippen molar-refractivity contribution in [2.75, 3.05) is 0 Å². The third-order valence-electron chi connectivity index (χ3n) is 4.12. The third kappa shape index (κ3) is 3.71. The zero-order valence-corrected chi connectivity index (χ0v) is 14.8. The third-order valence-corrected chi connectivity index (χ3v) is 4.12. The minimum atomic E-state index is 0.145. The highest BCUT2D eigenvalue weighted by atomic mass is 16.3. The molecule has 6 heteroatoms. The van der Waals surface area contributed by atoms with Gasteiger partial charge >= 0.3 is 0 Å². The van der Waals surface area contributed by atoms with Crippen LogP contribution in [0.15, 0.2) is 83.0 Å². The number of hydrogen-bond acceptors (Lipinski definition) is 6. The first-order valence-corrected chi connectivity index (χ1v) is 8.59. The van der Waals surface area contributed by atoms with Crippen LogP contribution in [0, 0.1) is 0 Å². The van der Waals surface area contributed by atoms with Gasteiger partial charge in [-0.2, -0.15) is 0 Å². The number of hydrogen-bond donors (Lipinski definition) is 2. The molecule has 0 saturated carbocycles. The molecule has 6 nitrogen and oxygen atoms in total. The number of rotatable bonds is 4. The Balaban J connectivity index is 1.79. The topological polar surface area (TPSA) is 91.0 Å². The molecule has 1 aromatic heterocycles. The van der Waals surface area contributed by atoms with E-state index >= 15 is 0 Å². The summed E-state index contributed by atoms with van der Waals surface area (Å²) in [5, 5.41) is 19.9. The molecule has 28 heavy (non-hydrogen) atoms. The van der Waals surface area contributed by atoms with Gasteiger partial charge in [0.05, 0.1) is 22.4 Å². The Morgan fingerprint density at radius 1 is 0.643 bits per heavy atom. The SMILES string of the molecule is Oc1ccccc1C=Nc1cc2nccnc2cc1N=Cc1ccccc1O. The van der Waals surface area contributed by atoms with Gasteiger partial charge in [0.1, 0.15) is 11.5 Å². The Hall–Kier alpha value is -4.06. The van der Waals surface area contributed by atoms with Gasteiger partial charge in [-0.15, -0.1) is 0 Å². The summed E-state index contributed by atoms with van der Waals surface area (Å²) < 4.78 is 0. The minimum absolute atomic E-state index is 0.145. The molecule has 0 saturated heterocycles. The second-order valence-corrected chi connectivity index (χ2v) is 6.02. The number of aromatic hydroxyl groups is 2. The van der Waals surface area contributed by atoms with E-state index in [-0.39, 0.29) is 11.5 Å². The van der Waals surface area contributed by atoms with Gasteiger partial charge in [-0.1, -0.05) is 24.3 Å². The maximum absolute atomic E-state index is 9.94. The molecule has 0 aliphatic heterocycles. The van der Waals surface area contributed by atoms with Crippen molar-refractivity contribution in [2.24, 2.45) is 9.98 Å². The molecular weight excluding hydrogens is 352 g/mol. The highest BCUT2D eigenvalue weighted by molar-refractivity contribution is 5.93. The number of nitrogens with zero attached hydrogens (tertiary/aromatic N) is 4. The van der Waals surface area contributed by atoms with E-state index in [2.05, 4.69) is 20.0 Å². The number of phenols is 2. The van der Waals surface area contributed by atoms with Gasteiger partial charge in [-0.25, -0.2) is 0 Å². The molecule has 0 aliphatic carbocycles. The number of para-hydroxylation sites is 2. The fraction of sp³-hybridized carbons (Fsp3) is 0. The summed E-state index contributed by atoms with van der Waals surface area (Å²) in [5.74, 6) is 0.289. The molecule has 4 rings (SSSR count). The van der Waals surface area contributed by atoms with Gasteiger partial charge in [-0.3, -0.25) is 20.0 Å². The van der Waals surface area contributed by atoms with E-state index in [1.165, 1.54) is 0 Å². The Morgan fingerprint density at radius 2 is 1.07 bits per heavy atom. The molecule has 1 heterocycles. The molecular formula is C22H16N4O2.